The molecule has 1 aromatic heterocycles. The highest BCUT2D eigenvalue weighted by molar-refractivity contribution is 6.08. The van der Waals surface area contributed by atoms with Crippen LogP contribution in [0.3, 0.4) is 0 Å². The van der Waals surface area contributed by atoms with E-state index in [4.69, 9.17) is 4.74 Å². The molecule has 0 saturated heterocycles. The molecule has 0 bridgehead atoms. The highest BCUT2D eigenvalue weighted by atomic mass is 16.5. The van der Waals surface area contributed by atoms with E-state index in [0.29, 0.717) is 17.9 Å². The Morgan fingerprint density at radius 2 is 1.90 bits per heavy atom. The second kappa shape index (κ2) is 8.60. The molecule has 1 aliphatic rings. The monoisotopic (exact) mass is 416 g/mol. The van der Waals surface area contributed by atoms with Gasteiger partial charge in [0.05, 0.1) is 6.42 Å². The lowest BCUT2D eigenvalue weighted by Gasteiger charge is -2.25. The minimum Gasteiger partial charge on any atom is -0.489 e. The number of nitrogens with zero attached hydrogens (tertiary/aromatic N) is 2. The number of carboxylic acids is 1. The summed E-state index contributed by atoms with van der Waals surface area (Å²) < 4.78 is 5.91. The van der Waals surface area contributed by atoms with Gasteiger partial charge in [0.1, 0.15) is 12.4 Å². The average Bonchev–Trinajstić information content (AvgIpc) is 3.03. The number of hydrogen-bond donors (Lipinski definition) is 1. The maximum Gasteiger partial charge on any atom is 0.304 e. The van der Waals surface area contributed by atoms with Crippen molar-refractivity contribution >= 4 is 17.6 Å². The van der Waals surface area contributed by atoms with Gasteiger partial charge in [0.2, 0.25) is 0 Å². The molecule has 1 aliphatic heterocycles. The number of anilines is 1. The van der Waals surface area contributed by atoms with E-state index in [1.165, 1.54) is 0 Å². The quantitative estimate of drug-likeness (QED) is 0.636. The third-order valence-electron chi connectivity index (χ3n) is 5.69. The van der Waals surface area contributed by atoms with Gasteiger partial charge in [-0.15, -0.1) is 0 Å². The summed E-state index contributed by atoms with van der Waals surface area (Å²) in [6, 6.07) is 16.4. The lowest BCUT2D eigenvalue weighted by molar-refractivity contribution is -0.137. The van der Waals surface area contributed by atoms with Crippen LogP contribution >= 0.6 is 0 Å². The second-order valence-corrected chi connectivity index (χ2v) is 7.86. The molecule has 3 aromatic rings. The highest BCUT2D eigenvalue weighted by Gasteiger charge is 2.40. The Kier molecular flexibility index (Phi) is 5.71. The van der Waals surface area contributed by atoms with Crippen LogP contribution in [-0.2, 0) is 11.4 Å². The molecule has 2 aromatic carbocycles. The number of carbonyl (C=O) groups excluding carboxylic acids is 1. The van der Waals surface area contributed by atoms with Gasteiger partial charge in [0.25, 0.3) is 5.91 Å². The number of fused-ring (bicyclic) bond motifs is 1. The van der Waals surface area contributed by atoms with Crippen molar-refractivity contribution < 1.29 is 19.4 Å². The van der Waals surface area contributed by atoms with Crippen molar-refractivity contribution in [3.63, 3.8) is 0 Å². The molecule has 2 unspecified atom stereocenters. The van der Waals surface area contributed by atoms with Crippen LogP contribution in [-0.4, -0.2) is 28.0 Å². The van der Waals surface area contributed by atoms with Crippen LogP contribution in [0, 0.1) is 6.92 Å². The van der Waals surface area contributed by atoms with Gasteiger partial charge in [-0.3, -0.25) is 14.6 Å². The molecule has 2 heterocycles. The van der Waals surface area contributed by atoms with Crippen LogP contribution in [0.1, 0.15) is 46.3 Å². The largest absolute Gasteiger partial charge is 0.489 e. The molecule has 0 saturated carbocycles. The fourth-order valence-electron chi connectivity index (χ4n) is 4.05. The second-order valence-electron chi connectivity index (χ2n) is 7.86. The lowest BCUT2D eigenvalue weighted by Crippen LogP contribution is -2.37. The van der Waals surface area contributed by atoms with Gasteiger partial charge in [-0.1, -0.05) is 23.8 Å². The first-order valence-corrected chi connectivity index (χ1v) is 10.2. The summed E-state index contributed by atoms with van der Waals surface area (Å²) in [5.41, 5.74) is 4.15. The Balaban J connectivity index is 1.65. The highest BCUT2D eigenvalue weighted by Crippen LogP contribution is 2.45. The molecular weight excluding hydrogens is 392 g/mol. The molecule has 31 heavy (non-hydrogen) atoms. The molecule has 6 heteroatoms. The van der Waals surface area contributed by atoms with Gasteiger partial charge >= 0.3 is 5.97 Å². The number of rotatable bonds is 6. The lowest BCUT2D eigenvalue weighted by atomic mass is 9.92. The molecule has 6 nitrogen and oxygen atoms in total. The standard InChI is InChI=1S/C25H24N2O4/c1-16-5-7-19(8-6-16)25(30)27-17(2)21(13-24(28)29)22-12-20(9-10-23(22)27)31-15-18-4-3-11-26-14-18/h3-12,14,17,21H,13,15H2,1-2H3,(H,28,29). The Hall–Kier alpha value is -3.67. The number of pyridine rings is 1. The van der Waals surface area contributed by atoms with Crippen molar-refractivity contribution in [3.8, 4) is 5.75 Å². The topological polar surface area (TPSA) is 79.7 Å². The van der Waals surface area contributed by atoms with E-state index in [9.17, 15) is 14.7 Å². The minimum atomic E-state index is -0.894. The predicted octanol–water partition coefficient (Wildman–Crippen LogP) is 4.58. The number of hydrogen-bond acceptors (Lipinski definition) is 4. The van der Waals surface area contributed by atoms with Crippen LogP contribution in [0.15, 0.2) is 67.0 Å². The molecule has 158 valence electrons. The van der Waals surface area contributed by atoms with Crippen LogP contribution in [0.2, 0.25) is 0 Å². The SMILES string of the molecule is Cc1ccc(C(=O)N2c3ccc(OCc4cccnc4)cc3C(CC(=O)O)C2C)cc1. The zero-order chi connectivity index (χ0) is 22.0. The third kappa shape index (κ3) is 4.28. The number of carbonyl (C=O) groups is 2. The van der Waals surface area contributed by atoms with E-state index in [0.717, 1.165) is 22.4 Å². The summed E-state index contributed by atoms with van der Waals surface area (Å²) in [6.45, 7) is 4.23. The molecule has 0 fully saturated rings. The number of aliphatic carboxylic acids is 1. The normalized spacial score (nSPS) is 17.3. The van der Waals surface area contributed by atoms with Crippen molar-refractivity contribution in [3.05, 3.63) is 89.2 Å². The Morgan fingerprint density at radius 1 is 1.13 bits per heavy atom. The first-order valence-electron chi connectivity index (χ1n) is 10.2. The van der Waals surface area contributed by atoms with E-state index in [1.807, 2.05) is 56.3 Å². The Morgan fingerprint density at radius 3 is 2.58 bits per heavy atom. The summed E-state index contributed by atoms with van der Waals surface area (Å²) in [4.78, 5) is 30.6. The zero-order valence-electron chi connectivity index (χ0n) is 17.5. The number of aryl methyl sites for hydroxylation is 1. The Bertz CT molecular complexity index is 1100. The van der Waals surface area contributed by atoms with Crippen molar-refractivity contribution in [1.82, 2.24) is 4.98 Å². The van der Waals surface area contributed by atoms with Crippen LogP contribution < -0.4 is 9.64 Å². The van der Waals surface area contributed by atoms with Gasteiger partial charge in [0, 0.05) is 41.2 Å². The molecule has 2 atom stereocenters. The maximum absolute atomic E-state index is 13.3. The fourth-order valence-corrected chi connectivity index (χ4v) is 4.05. The molecule has 1 amide bonds. The van der Waals surface area contributed by atoms with Crippen LogP contribution in [0.25, 0.3) is 0 Å². The average molecular weight is 416 g/mol. The van der Waals surface area contributed by atoms with Crippen molar-refractivity contribution in [2.45, 2.75) is 38.8 Å². The summed E-state index contributed by atoms with van der Waals surface area (Å²) in [5, 5.41) is 9.47. The van der Waals surface area contributed by atoms with E-state index in [-0.39, 0.29) is 24.3 Å². The van der Waals surface area contributed by atoms with E-state index >= 15 is 0 Å². The molecule has 0 aliphatic carbocycles. The first kappa shape index (κ1) is 20.6. The maximum atomic E-state index is 13.3. The van der Waals surface area contributed by atoms with Gasteiger partial charge in [0.15, 0.2) is 0 Å². The van der Waals surface area contributed by atoms with Gasteiger partial charge < -0.3 is 14.7 Å². The summed E-state index contributed by atoms with van der Waals surface area (Å²) >= 11 is 0. The smallest absolute Gasteiger partial charge is 0.304 e. The Labute approximate surface area is 181 Å². The van der Waals surface area contributed by atoms with Crippen molar-refractivity contribution in [2.75, 3.05) is 4.90 Å². The molecule has 4 rings (SSSR count). The summed E-state index contributed by atoms with van der Waals surface area (Å²) in [7, 11) is 0. The van der Waals surface area contributed by atoms with E-state index in [1.54, 1.807) is 29.4 Å². The van der Waals surface area contributed by atoms with Crippen molar-refractivity contribution in [2.24, 2.45) is 0 Å². The number of benzene rings is 2. The number of carboxylic acid groups (broad SMARTS) is 1. The third-order valence-corrected chi connectivity index (χ3v) is 5.69. The van der Waals surface area contributed by atoms with E-state index in [2.05, 4.69) is 4.98 Å². The van der Waals surface area contributed by atoms with Gasteiger partial charge in [-0.2, -0.15) is 0 Å². The number of aromatic nitrogens is 1. The summed E-state index contributed by atoms with van der Waals surface area (Å²) in [5.74, 6) is -0.710. The van der Waals surface area contributed by atoms with E-state index < -0.39 is 5.97 Å². The zero-order valence-corrected chi connectivity index (χ0v) is 17.5. The number of amides is 1. The van der Waals surface area contributed by atoms with Gasteiger partial charge in [-0.05, 0) is 55.8 Å². The van der Waals surface area contributed by atoms with Gasteiger partial charge in [-0.25, -0.2) is 0 Å². The fraction of sp³-hybridized carbons (Fsp3) is 0.240. The number of ether oxygens (including phenoxy) is 1. The molecule has 0 spiro atoms. The van der Waals surface area contributed by atoms with Crippen LogP contribution in [0.5, 0.6) is 5.75 Å². The summed E-state index contributed by atoms with van der Waals surface area (Å²) in [6.07, 6.45) is 3.39. The molecular formula is C25H24N2O4. The van der Waals surface area contributed by atoms with Crippen LogP contribution in [0.4, 0.5) is 5.69 Å². The minimum absolute atomic E-state index is 0.0576. The van der Waals surface area contributed by atoms with Crippen molar-refractivity contribution in [1.29, 1.82) is 0 Å². The predicted molar refractivity (Wildman–Crippen MR) is 117 cm³/mol. The molecule has 1 N–H and O–H groups in total. The molecule has 0 radical (unpaired) electrons. The first-order chi connectivity index (χ1) is 14.9.